The van der Waals surface area contributed by atoms with E-state index < -0.39 is 0 Å². The van der Waals surface area contributed by atoms with Crippen molar-refractivity contribution in [3.05, 3.63) is 0 Å². The Balaban J connectivity index is 1.79. The van der Waals surface area contributed by atoms with E-state index in [1.54, 1.807) is 0 Å². The van der Waals surface area contributed by atoms with Crippen LogP contribution in [0.4, 0.5) is 4.79 Å². The molecule has 1 heterocycles. The number of imide groups is 1. The van der Waals surface area contributed by atoms with Crippen molar-refractivity contribution >= 4 is 11.9 Å². The van der Waals surface area contributed by atoms with Crippen molar-refractivity contribution in [2.75, 3.05) is 13.1 Å². The zero-order chi connectivity index (χ0) is 15.2. The molecule has 21 heavy (non-hydrogen) atoms. The summed E-state index contributed by atoms with van der Waals surface area (Å²) < 4.78 is 0. The molecular weight excluding hydrogens is 266 g/mol. The minimum atomic E-state index is -0.356. The maximum atomic E-state index is 12.1. The second-order valence-electron chi connectivity index (χ2n) is 6.71. The van der Waals surface area contributed by atoms with E-state index in [1.165, 1.54) is 43.4 Å². The molecule has 5 nitrogen and oxygen atoms in total. The molecule has 1 saturated carbocycles. The summed E-state index contributed by atoms with van der Waals surface area (Å²) in [6, 6.07) is 0.379. The van der Waals surface area contributed by atoms with Crippen LogP contribution in [0.3, 0.4) is 0 Å². The number of fused-ring (bicyclic) bond motifs is 1. The summed E-state index contributed by atoms with van der Waals surface area (Å²) in [7, 11) is 0. The fourth-order valence-corrected chi connectivity index (χ4v) is 3.83. The van der Waals surface area contributed by atoms with Crippen LogP contribution >= 0.6 is 0 Å². The van der Waals surface area contributed by atoms with E-state index in [1.807, 2.05) is 13.8 Å². The number of hydrogen-bond acceptors (Lipinski definition) is 2. The summed E-state index contributed by atoms with van der Waals surface area (Å²) in [6.45, 7) is 5.46. The van der Waals surface area contributed by atoms with Crippen molar-refractivity contribution in [1.29, 1.82) is 0 Å². The molecule has 0 spiro atoms. The highest BCUT2D eigenvalue weighted by Gasteiger charge is 2.37. The van der Waals surface area contributed by atoms with Crippen LogP contribution in [-0.2, 0) is 4.79 Å². The number of piperidine rings is 1. The van der Waals surface area contributed by atoms with Crippen molar-refractivity contribution in [3.8, 4) is 0 Å². The van der Waals surface area contributed by atoms with Crippen molar-refractivity contribution in [2.24, 2.45) is 5.92 Å². The van der Waals surface area contributed by atoms with Crippen LogP contribution in [0, 0.1) is 5.92 Å². The molecule has 4 atom stereocenters. The first-order chi connectivity index (χ1) is 10.1. The van der Waals surface area contributed by atoms with Gasteiger partial charge in [-0.1, -0.05) is 13.3 Å². The van der Waals surface area contributed by atoms with Crippen molar-refractivity contribution in [3.63, 3.8) is 0 Å². The number of likely N-dealkylation sites (tertiary alicyclic amines) is 1. The Morgan fingerprint density at radius 2 is 1.90 bits per heavy atom. The number of hydrogen-bond donors (Lipinski definition) is 3. The molecule has 3 amide bonds. The molecule has 0 radical (unpaired) electrons. The highest BCUT2D eigenvalue weighted by molar-refractivity contribution is 5.94. The molecule has 1 saturated heterocycles. The lowest BCUT2D eigenvalue weighted by atomic mass is 9.78. The van der Waals surface area contributed by atoms with Gasteiger partial charge in [0.15, 0.2) is 6.54 Å². The first-order valence-electron chi connectivity index (χ1n) is 8.55. The lowest BCUT2D eigenvalue weighted by Crippen LogP contribution is -3.18. The van der Waals surface area contributed by atoms with Crippen LogP contribution in [0.1, 0.15) is 58.8 Å². The van der Waals surface area contributed by atoms with Gasteiger partial charge in [0.05, 0.1) is 12.6 Å². The SMILES string of the molecule is CC[C@H](C)NC(=O)NC(=O)C[NH+]1CCC[C@H]2CCCC[C@@H]21. The summed E-state index contributed by atoms with van der Waals surface area (Å²) in [4.78, 5) is 25.2. The molecule has 2 fully saturated rings. The van der Waals surface area contributed by atoms with Gasteiger partial charge in [-0.2, -0.15) is 0 Å². The molecule has 1 aliphatic heterocycles. The molecule has 120 valence electrons. The molecule has 2 aliphatic rings. The normalized spacial score (nSPS) is 30.1. The predicted molar refractivity (Wildman–Crippen MR) is 82.1 cm³/mol. The van der Waals surface area contributed by atoms with Crippen LogP contribution < -0.4 is 15.5 Å². The van der Waals surface area contributed by atoms with Gasteiger partial charge in [0.2, 0.25) is 0 Å². The van der Waals surface area contributed by atoms with Crippen LogP contribution in [0.15, 0.2) is 0 Å². The first kappa shape index (κ1) is 16.3. The zero-order valence-corrected chi connectivity index (χ0v) is 13.4. The fourth-order valence-electron chi connectivity index (χ4n) is 3.83. The van der Waals surface area contributed by atoms with Crippen LogP contribution in [-0.4, -0.2) is 37.1 Å². The smallest absolute Gasteiger partial charge is 0.321 e. The number of rotatable bonds is 4. The number of carbonyl (C=O) groups is 2. The van der Waals surface area contributed by atoms with Gasteiger partial charge in [-0.3, -0.25) is 10.1 Å². The Kier molecular flexibility index (Phi) is 6.03. The molecule has 0 aromatic rings. The molecular formula is C16H30N3O2+. The largest absolute Gasteiger partial charge is 0.335 e. The summed E-state index contributed by atoms with van der Waals surface area (Å²) in [6.07, 6.45) is 8.60. The lowest BCUT2D eigenvalue weighted by Gasteiger charge is -2.40. The zero-order valence-electron chi connectivity index (χ0n) is 13.4. The van der Waals surface area contributed by atoms with Gasteiger partial charge in [-0.25, -0.2) is 4.79 Å². The summed E-state index contributed by atoms with van der Waals surface area (Å²) >= 11 is 0. The third kappa shape index (κ3) is 4.70. The van der Waals surface area contributed by atoms with E-state index in [4.69, 9.17) is 0 Å². The Labute approximate surface area is 127 Å². The number of urea groups is 1. The minimum absolute atomic E-state index is 0.0999. The Morgan fingerprint density at radius 3 is 2.67 bits per heavy atom. The first-order valence-corrected chi connectivity index (χ1v) is 8.55. The monoisotopic (exact) mass is 296 g/mol. The van der Waals surface area contributed by atoms with E-state index in [2.05, 4.69) is 10.6 Å². The number of carbonyl (C=O) groups excluding carboxylic acids is 2. The molecule has 0 bridgehead atoms. The van der Waals surface area contributed by atoms with Gasteiger partial charge in [-0.05, 0) is 45.4 Å². The third-order valence-electron chi connectivity index (χ3n) is 5.14. The van der Waals surface area contributed by atoms with E-state index in [-0.39, 0.29) is 18.0 Å². The summed E-state index contributed by atoms with van der Waals surface area (Å²) in [5, 5.41) is 5.25. The standard InChI is InChI=1S/C16H29N3O2/c1-3-12(2)17-16(21)18-15(20)11-19-10-6-8-13-7-4-5-9-14(13)19/h12-14H,3-11H2,1-2H3,(H2,17,18,20,21)/p+1/t12-,13+,14-/m0/s1. The molecule has 1 aliphatic carbocycles. The molecule has 3 N–H and O–H groups in total. The van der Waals surface area contributed by atoms with Gasteiger partial charge in [0.1, 0.15) is 0 Å². The Hall–Kier alpha value is -1.10. The maximum Gasteiger partial charge on any atom is 0.321 e. The average Bonchev–Trinajstić information content (AvgIpc) is 2.47. The number of amides is 3. The predicted octanol–water partition coefficient (Wildman–Crippen LogP) is 0.848. The van der Waals surface area contributed by atoms with Gasteiger partial charge >= 0.3 is 6.03 Å². The summed E-state index contributed by atoms with van der Waals surface area (Å²) in [5.41, 5.74) is 0. The van der Waals surface area contributed by atoms with Gasteiger partial charge in [-0.15, -0.1) is 0 Å². The van der Waals surface area contributed by atoms with E-state index in [0.717, 1.165) is 18.9 Å². The Bertz CT molecular complexity index is 371. The average molecular weight is 296 g/mol. The highest BCUT2D eigenvalue weighted by Crippen LogP contribution is 2.28. The molecule has 5 heteroatoms. The second-order valence-corrected chi connectivity index (χ2v) is 6.71. The fraction of sp³-hybridized carbons (Fsp3) is 0.875. The van der Waals surface area contributed by atoms with Crippen LogP contribution in [0.2, 0.25) is 0 Å². The molecule has 2 rings (SSSR count). The minimum Gasteiger partial charge on any atom is -0.335 e. The number of nitrogens with one attached hydrogen (secondary N) is 3. The highest BCUT2D eigenvalue weighted by atomic mass is 16.2. The second kappa shape index (κ2) is 7.78. The van der Waals surface area contributed by atoms with Crippen LogP contribution in [0.5, 0.6) is 0 Å². The third-order valence-corrected chi connectivity index (χ3v) is 5.14. The van der Waals surface area contributed by atoms with E-state index in [9.17, 15) is 9.59 Å². The molecule has 0 aromatic carbocycles. The lowest BCUT2D eigenvalue weighted by molar-refractivity contribution is -0.928. The topological polar surface area (TPSA) is 62.6 Å². The molecule has 0 aromatic heterocycles. The van der Waals surface area contributed by atoms with Crippen molar-refractivity contribution < 1.29 is 14.5 Å². The van der Waals surface area contributed by atoms with Crippen LogP contribution in [0.25, 0.3) is 0 Å². The van der Waals surface area contributed by atoms with Crippen molar-refractivity contribution in [1.82, 2.24) is 10.6 Å². The maximum absolute atomic E-state index is 12.1. The molecule has 1 unspecified atom stereocenters. The van der Waals surface area contributed by atoms with Gasteiger partial charge < -0.3 is 10.2 Å². The Morgan fingerprint density at radius 1 is 1.19 bits per heavy atom. The van der Waals surface area contributed by atoms with Crippen molar-refractivity contribution in [2.45, 2.75) is 70.9 Å². The van der Waals surface area contributed by atoms with Gasteiger partial charge in [0, 0.05) is 12.0 Å². The van der Waals surface area contributed by atoms with Gasteiger partial charge in [0.25, 0.3) is 5.91 Å². The number of quaternary nitrogens is 1. The van der Waals surface area contributed by atoms with E-state index in [0.29, 0.717) is 12.6 Å². The van der Waals surface area contributed by atoms with E-state index >= 15 is 0 Å². The summed E-state index contributed by atoms with van der Waals surface area (Å²) in [5.74, 6) is 0.654. The quantitative estimate of drug-likeness (QED) is 0.720.